The summed E-state index contributed by atoms with van der Waals surface area (Å²) in [4.78, 5) is 12.9. The molecule has 0 spiro atoms. The molecule has 2 atom stereocenters. The minimum Gasteiger partial charge on any atom is -0.322 e. The Balaban J connectivity index is 1.82. The van der Waals surface area contributed by atoms with Gasteiger partial charge >= 0.3 is 0 Å². The second kappa shape index (κ2) is 8.67. The molecule has 1 amide bonds. The van der Waals surface area contributed by atoms with Gasteiger partial charge in [-0.15, -0.1) is 0 Å². The van der Waals surface area contributed by atoms with E-state index in [0.29, 0.717) is 17.2 Å². The highest BCUT2D eigenvalue weighted by molar-refractivity contribution is 7.89. The standard InChI is InChI=1S/C23H30N2O3S/c1-16(2)19-11-13-21(14-12-19)24-23(26)20-9-6-10-22(15-20)29(27,28)25-17(3)7-5-8-18(25)4/h6,9-18H,5,7-8H2,1-4H3,(H,24,26)/t17-,18+. The van der Waals surface area contributed by atoms with Crippen molar-refractivity contribution in [1.82, 2.24) is 4.31 Å². The molecule has 0 saturated carbocycles. The first kappa shape index (κ1) is 21.5. The quantitative estimate of drug-likeness (QED) is 0.747. The first-order valence-corrected chi connectivity index (χ1v) is 11.7. The van der Waals surface area contributed by atoms with Gasteiger partial charge in [0.15, 0.2) is 0 Å². The second-order valence-electron chi connectivity index (χ2n) is 8.22. The summed E-state index contributed by atoms with van der Waals surface area (Å²) in [6.07, 6.45) is 2.75. The van der Waals surface area contributed by atoms with Gasteiger partial charge in [-0.25, -0.2) is 8.42 Å². The van der Waals surface area contributed by atoms with Crippen molar-refractivity contribution in [2.75, 3.05) is 5.32 Å². The van der Waals surface area contributed by atoms with Crippen molar-refractivity contribution in [1.29, 1.82) is 0 Å². The molecule has 156 valence electrons. The molecule has 1 heterocycles. The van der Waals surface area contributed by atoms with Crippen LogP contribution in [0.2, 0.25) is 0 Å². The smallest absolute Gasteiger partial charge is 0.255 e. The number of nitrogens with one attached hydrogen (secondary N) is 1. The fraction of sp³-hybridized carbons (Fsp3) is 0.435. The summed E-state index contributed by atoms with van der Waals surface area (Å²) in [5.41, 5.74) is 2.21. The molecule has 0 aromatic heterocycles. The lowest BCUT2D eigenvalue weighted by atomic mass is 10.0. The SMILES string of the molecule is CC(C)c1ccc(NC(=O)c2cccc(S(=O)(=O)N3[C@H](C)CCC[C@@H]3C)c2)cc1. The van der Waals surface area contributed by atoms with Crippen LogP contribution in [0.3, 0.4) is 0 Å². The van der Waals surface area contributed by atoms with Crippen LogP contribution in [0.15, 0.2) is 53.4 Å². The number of nitrogens with zero attached hydrogens (tertiary/aromatic N) is 1. The Hall–Kier alpha value is -2.18. The molecular weight excluding hydrogens is 384 g/mol. The molecular formula is C23H30N2O3S. The van der Waals surface area contributed by atoms with Gasteiger partial charge in [-0.05, 0) is 68.5 Å². The number of piperidine rings is 1. The zero-order chi connectivity index (χ0) is 21.2. The Bertz CT molecular complexity index is 958. The molecule has 0 unspecified atom stereocenters. The van der Waals surface area contributed by atoms with E-state index < -0.39 is 10.0 Å². The van der Waals surface area contributed by atoms with Gasteiger partial charge in [-0.1, -0.05) is 38.5 Å². The average molecular weight is 415 g/mol. The Morgan fingerprint density at radius 1 is 1.03 bits per heavy atom. The lowest BCUT2D eigenvalue weighted by Crippen LogP contribution is -2.47. The molecule has 5 nitrogen and oxygen atoms in total. The van der Waals surface area contributed by atoms with Crippen LogP contribution in [0.4, 0.5) is 5.69 Å². The molecule has 1 N–H and O–H groups in total. The number of carbonyl (C=O) groups excluding carboxylic acids is 1. The summed E-state index contributed by atoms with van der Waals surface area (Å²) < 4.78 is 28.1. The molecule has 1 aliphatic rings. The van der Waals surface area contributed by atoms with E-state index in [-0.39, 0.29) is 22.9 Å². The van der Waals surface area contributed by atoms with Crippen LogP contribution in [-0.2, 0) is 10.0 Å². The zero-order valence-electron chi connectivity index (χ0n) is 17.6. The van der Waals surface area contributed by atoms with E-state index in [1.165, 1.54) is 11.6 Å². The molecule has 2 aromatic rings. The Morgan fingerprint density at radius 3 is 2.24 bits per heavy atom. The maximum Gasteiger partial charge on any atom is 0.255 e. The second-order valence-corrected chi connectivity index (χ2v) is 10.1. The Kier molecular flexibility index (Phi) is 6.44. The van der Waals surface area contributed by atoms with Crippen molar-refractivity contribution >= 4 is 21.6 Å². The van der Waals surface area contributed by atoms with Crippen LogP contribution in [-0.4, -0.2) is 30.7 Å². The molecule has 1 aliphatic heterocycles. The predicted molar refractivity (Wildman–Crippen MR) is 117 cm³/mol. The van der Waals surface area contributed by atoms with Crippen molar-refractivity contribution in [2.45, 2.75) is 69.9 Å². The highest BCUT2D eigenvalue weighted by Gasteiger charge is 2.35. The van der Waals surface area contributed by atoms with Gasteiger partial charge in [0.05, 0.1) is 4.90 Å². The number of hydrogen-bond donors (Lipinski definition) is 1. The predicted octanol–water partition coefficient (Wildman–Crippen LogP) is 5.01. The summed E-state index contributed by atoms with van der Waals surface area (Å²) in [5, 5.41) is 2.85. The van der Waals surface area contributed by atoms with Crippen LogP contribution in [0.1, 0.15) is 68.8 Å². The first-order chi connectivity index (χ1) is 13.7. The van der Waals surface area contributed by atoms with Crippen molar-refractivity contribution in [3.63, 3.8) is 0 Å². The summed E-state index contributed by atoms with van der Waals surface area (Å²) >= 11 is 0. The number of rotatable bonds is 5. The van der Waals surface area contributed by atoms with Gasteiger partial charge in [-0.3, -0.25) is 4.79 Å². The minimum absolute atomic E-state index is 0.0410. The van der Waals surface area contributed by atoms with Crippen LogP contribution < -0.4 is 5.32 Å². The largest absolute Gasteiger partial charge is 0.322 e. The van der Waals surface area contributed by atoms with E-state index in [2.05, 4.69) is 19.2 Å². The lowest BCUT2D eigenvalue weighted by molar-refractivity contribution is 0.102. The maximum absolute atomic E-state index is 13.2. The molecule has 29 heavy (non-hydrogen) atoms. The number of amides is 1. The molecule has 1 saturated heterocycles. The van der Waals surface area contributed by atoms with Gasteiger partial charge < -0.3 is 5.32 Å². The number of carbonyl (C=O) groups is 1. The van der Waals surface area contributed by atoms with Crippen molar-refractivity contribution in [2.24, 2.45) is 0 Å². The van der Waals surface area contributed by atoms with E-state index in [1.54, 1.807) is 22.5 Å². The summed E-state index contributed by atoms with van der Waals surface area (Å²) in [7, 11) is -3.65. The van der Waals surface area contributed by atoms with Crippen LogP contribution in [0, 0.1) is 0 Å². The van der Waals surface area contributed by atoms with Crippen molar-refractivity contribution in [3.8, 4) is 0 Å². The van der Waals surface area contributed by atoms with Crippen LogP contribution in [0.25, 0.3) is 0 Å². The molecule has 0 aliphatic carbocycles. The van der Waals surface area contributed by atoms with Gasteiger partial charge in [0.25, 0.3) is 5.91 Å². The van der Waals surface area contributed by atoms with Gasteiger partial charge in [0.1, 0.15) is 0 Å². The van der Waals surface area contributed by atoms with Gasteiger partial charge in [-0.2, -0.15) is 4.31 Å². The zero-order valence-corrected chi connectivity index (χ0v) is 18.4. The summed E-state index contributed by atoms with van der Waals surface area (Å²) in [6, 6.07) is 13.9. The van der Waals surface area contributed by atoms with Gasteiger partial charge in [0, 0.05) is 23.3 Å². The lowest BCUT2D eigenvalue weighted by Gasteiger charge is -2.37. The normalized spacial score (nSPS) is 20.6. The van der Waals surface area contributed by atoms with E-state index in [1.807, 2.05) is 38.1 Å². The molecule has 1 fully saturated rings. The highest BCUT2D eigenvalue weighted by atomic mass is 32.2. The fourth-order valence-corrected chi connectivity index (χ4v) is 5.87. The summed E-state index contributed by atoms with van der Waals surface area (Å²) in [5.74, 6) is 0.0975. The van der Waals surface area contributed by atoms with E-state index in [0.717, 1.165) is 19.3 Å². The van der Waals surface area contributed by atoms with E-state index in [9.17, 15) is 13.2 Å². The summed E-state index contributed by atoms with van der Waals surface area (Å²) in [6.45, 7) is 8.13. The van der Waals surface area contributed by atoms with E-state index in [4.69, 9.17) is 0 Å². The molecule has 0 radical (unpaired) electrons. The number of anilines is 1. The third kappa shape index (κ3) is 4.70. The van der Waals surface area contributed by atoms with E-state index >= 15 is 0 Å². The number of benzene rings is 2. The van der Waals surface area contributed by atoms with Crippen molar-refractivity contribution in [3.05, 3.63) is 59.7 Å². The topological polar surface area (TPSA) is 66.5 Å². The van der Waals surface area contributed by atoms with Crippen LogP contribution in [0.5, 0.6) is 0 Å². The number of hydrogen-bond acceptors (Lipinski definition) is 3. The van der Waals surface area contributed by atoms with Crippen LogP contribution >= 0.6 is 0 Å². The third-order valence-electron chi connectivity index (χ3n) is 5.62. The monoisotopic (exact) mass is 414 g/mol. The first-order valence-electron chi connectivity index (χ1n) is 10.2. The van der Waals surface area contributed by atoms with Gasteiger partial charge in [0.2, 0.25) is 10.0 Å². The molecule has 2 aromatic carbocycles. The third-order valence-corrected chi connectivity index (χ3v) is 7.74. The highest BCUT2D eigenvalue weighted by Crippen LogP contribution is 2.30. The Labute approximate surface area is 174 Å². The Morgan fingerprint density at radius 2 is 1.66 bits per heavy atom. The molecule has 0 bridgehead atoms. The minimum atomic E-state index is -3.65. The van der Waals surface area contributed by atoms with Crippen molar-refractivity contribution < 1.29 is 13.2 Å². The molecule has 6 heteroatoms. The number of sulfonamides is 1. The fourth-order valence-electron chi connectivity index (χ4n) is 3.95. The average Bonchev–Trinajstić information content (AvgIpc) is 2.68. The molecule has 3 rings (SSSR count). The maximum atomic E-state index is 13.2.